The predicted octanol–water partition coefficient (Wildman–Crippen LogP) is 5.26. The molecule has 2 aromatic carbocycles. The Bertz CT molecular complexity index is 728. The number of rotatable bonds is 7. The van der Waals surface area contributed by atoms with Crippen LogP contribution in [0.1, 0.15) is 57.2 Å². The molecule has 1 heterocycles. The SMILES string of the molecule is COc1ccccc1C1(CCN[C@@H](C)c2ccccc2)CCOC(C)(C)C1. The molecule has 27 heavy (non-hydrogen) atoms. The molecule has 2 atom stereocenters. The third kappa shape index (κ3) is 4.72. The van der Waals surface area contributed by atoms with Gasteiger partial charge in [-0.1, -0.05) is 48.5 Å². The van der Waals surface area contributed by atoms with Crippen LogP contribution in [-0.2, 0) is 10.2 Å². The third-order valence-corrected chi connectivity index (χ3v) is 5.87. The summed E-state index contributed by atoms with van der Waals surface area (Å²) < 4.78 is 11.8. The van der Waals surface area contributed by atoms with Gasteiger partial charge in [0, 0.05) is 23.6 Å². The molecule has 1 fully saturated rings. The van der Waals surface area contributed by atoms with E-state index in [1.807, 2.05) is 0 Å². The molecule has 146 valence electrons. The number of para-hydroxylation sites is 1. The molecule has 1 aliphatic rings. The number of ether oxygens (including phenoxy) is 2. The first-order valence-electron chi connectivity index (χ1n) is 10.0. The average Bonchev–Trinajstić information content (AvgIpc) is 2.67. The summed E-state index contributed by atoms with van der Waals surface area (Å²) in [4.78, 5) is 0. The van der Waals surface area contributed by atoms with Crippen LogP contribution in [0.2, 0.25) is 0 Å². The van der Waals surface area contributed by atoms with E-state index in [9.17, 15) is 0 Å². The van der Waals surface area contributed by atoms with Crippen LogP contribution in [0.5, 0.6) is 5.75 Å². The van der Waals surface area contributed by atoms with Gasteiger partial charge in [0.15, 0.2) is 0 Å². The first-order chi connectivity index (χ1) is 13.0. The van der Waals surface area contributed by atoms with Crippen molar-refractivity contribution >= 4 is 0 Å². The second-order valence-electron chi connectivity index (χ2n) is 8.35. The minimum atomic E-state index is -0.121. The van der Waals surface area contributed by atoms with E-state index in [-0.39, 0.29) is 11.0 Å². The number of hydrogen-bond acceptors (Lipinski definition) is 3. The Morgan fingerprint density at radius 2 is 1.78 bits per heavy atom. The molecule has 1 unspecified atom stereocenters. The fourth-order valence-electron chi connectivity index (χ4n) is 4.53. The summed E-state index contributed by atoms with van der Waals surface area (Å²) in [5, 5.41) is 3.72. The number of nitrogens with one attached hydrogen (secondary N) is 1. The highest BCUT2D eigenvalue weighted by molar-refractivity contribution is 5.40. The highest BCUT2D eigenvalue weighted by Crippen LogP contribution is 2.46. The summed E-state index contributed by atoms with van der Waals surface area (Å²) in [6, 6.07) is 19.5. The van der Waals surface area contributed by atoms with E-state index in [1.54, 1.807) is 7.11 Å². The highest BCUT2D eigenvalue weighted by Gasteiger charge is 2.43. The Hall–Kier alpha value is -1.84. The van der Waals surface area contributed by atoms with Crippen molar-refractivity contribution in [2.75, 3.05) is 20.3 Å². The fourth-order valence-corrected chi connectivity index (χ4v) is 4.53. The van der Waals surface area contributed by atoms with Crippen molar-refractivity contribution in [3.05, 3.63) is 65.7 Å². The van der Waals surface area contributed by atoms with Gasteiger partial charge in [-0.3, -0.25) is 0 Å². The minimum absolute atomic E-state index is 0.0672. The van der Waals surface area contributed by atoms with Crippen molar-refractivity contribution in [2.45, 2.75) is 57.1 Å². The van der Waals surface area contributed by atoms with E-state index in [0.29, 0.717) is 6.04 Å². The fraction of sp³-hybridized carbons (Fsp3) is 0.500. The van der Waals surface area contributed by atoms with E-state index in [2.05, 4.69) is 80.7 Å². The van der Waals surface area contributed by atoms with Crippen LogP contribution in [-0.4, -0.2) is 25.9 Å². The molecule has 0 aromatic heterocycles. The van der Waals surface area contributed by atoms with Gasteiger partial charge in [-0.05, 0) is 58.2 Å². The lowest BCUT2D eigenvalue weighted by atomic mass is 9.67. The molecule has 0 amide bonds. The monoisotopic (exact) mass is 367 g/mol. The van der Waals surface area contributed by atoms with Gasteiger partial charge in [0.2, 0.25) is 0 Å². The molecule has 3 heteroatoms. The van der Waals surface area contributed by atoms with Crippen LogP contribution in [0.4, 0.5) is 0 Å². The summed E-state index contributed by atoms with van der Waals surface area (Å²) in [5.41, 5.74) is 2.59. The van der Waals surface area contributed by atoms with E-state index in [0.717, 1.165) is 38.2 Å². The lowest BCUT2D eigenvalue weighted by Crippen LogP contribution is -2.45. The predicted molar refractivity (Wildman–Crippen MR) is 111 cm³/mol. The van der Waals surface area contributed by atoms with E-state index >= 15 is 0 Å². The van der Waals surface area contributed by atoms with Crippen molar-refractivity contribution in [2.24, 2.45) is 0 Å². The average molecular weight is 368 g/mol. The topological polar surface area (TPSA) is 30.5 Å². The molecule has 1 N–H and O–H groups in total. The summed E-state index contributed by atoms with van der Waals surface area (Å²) in [7, 11) is 1.77. The van der Waals surface area contributed by atoms with Crippen molar-refractivity contribution in [1.29, 1.82) is 0 Å². The Morgan fingerprint density at radius 1 is 1.07 bits per heavy atom. The zero-order valence-corrected chi connectivity index (χ0v) is 17.1. The van der Waals surface area contributed by atoms with Gasteiger partial charge in [0.05, 0.1) is 12.7 Å². The summed E-state index contributed by atoms with van der Waals surface area (Å²) >= 11 is 0. The summed E-state index contributed by atoms with van der Waals surface area (Å²) in [6.07, 6.45) is 3.09. The molecule has 3 nitrogen and oxygen atoms in total. The number of methoxy groups -OCH3 is 1. The van der Waals surface area contributed by atoms with Crippen LogP contribution in [0, 0.1) is 0 Å². The number of hydrogen-bond donors (Lipinski definition) is 1. The van der Waals surface area contributed by atoms with Gasteiger partial charge in [-0.25, -0.2) is 0 Å². The standard InChI is InChI=1S/C24H33NO2/c1-19(20-10-6-5-7-11-20)25-16-14-24(15-17-27-23(2,3)18-24)21-12-8-9-13-22(21)26-4/h5-13,19,25H,14-18H2,1-4H3/t19-,24?/m0/s1. The largest absolute Gasteiger partial charge is 0.496 e. The van der Waals surface area contributed by atoms with Gasteiger partial charge in [-0.2, -0.15) is 0 Å². The Balaban J connectivity index is 1.79. The lowest BCUT2D eigenvalue weighted by Gasteiger charge is -2.46. The van der Waals surface area contributed by atoms with Crippen LogP contribution in [0.3, 0.4) is 0 Å². The van der Waals surface area contributed by atoms with Crippen molar-refractivity contribution in [3.8, 4) is 5.75 Å². The van der Waals surface area contributed by atoms with Crippen LogP contribution < -0.4 is 10.1 Å². The maximum Gasteiger partial charge on any atom is 0.122 e. The minimum Gasteiger partial charge on any atom is -0.496 e. The Labute approximate surface area is 164 Å². The molecule has 0 radical (unpaired) electrons. The first kappa shape index (κ1) is 19.9. The van der Waals surface area contributed by atoms with Crippen LogP contribution in [0.15, 0.2) is 54.6 Å². The molecule has 3 rings (SSSR count). The molecule has 2 aromatic rings. The van der Waals surface area contributed by atoms with Gasteiger partial charge in [0.1, 0.15) is 5.75 Å². The maximum absolute atomic E-state index is 6.05. The maximum atomic E-state index is 6.05. The van der Waals surface area contributed by atoms with Crippen molar-refractivity contribution in [3.63, 3.8) is 0 Å². The summed E-state index contributed by atoms with van der Waals surface area (Å²) in [5.74, 6) is 0.992. The van der Waals surface area contributed by atoms with E-state index < -0.39 is 0 Å². The van der Waals surface area contributed by atoms with Crippen LogP contribution >= 0.6 is 0 Å². The summed E-state index contributed by atoms with van der Waals surface area (Å²) in [6.45, 7) is 8.40. The van der Waals surface area contributed by atoms with Gasteiger partial charge >= 0.3 is 0 Å². The second-order valence-corrected chi connectivity index (χ2v) is 8.35. The quantitative estimate of drug-likeness (QED) is 0.724. The van der Waals surface area contributed by atoms with Gasteiger partial charge in [-0.15, -0.1) is 0 Å². The molecule has 0 aliphatic carbocycles. The number of benzene rings is 2. The molecular weight excluding hydrogens is 334 g/mol. The van der Waals surface area contributed by atoms with E-state index in [4.69, 9.17) is 9.47 Å². The molecular formula is C24H33NO2. The zero-order valence-electron chi connectivity index (χ0n) is 17.1. The zero-order chi connectivity index (χ0) is 19.3. The molecule has 0 spiro atoms. The second kappa shape index (κ2) is 8.45. The lowest BCUT2D eigenvalue weighted by molar-refractivity contribution is -0.0843. The molecule has 0 bridgehead atoms. The van der Waals surface area contributed by atoms with Crippen molar-refractivity contribution < 1.29 is 9.47 Å². The van der Waals surface area contributed by atoms with Crippen LogP contribution in [0.25, 0.3) is 0 Å². The molecule has 1 saturated heterocycles. The Morgan fingerprint density at radius 3 is 2.48 bits per heavy atom. The van der Waals surface area contributed by atoms with Gasteiger partial charge < -0.3 is 14.8 Å². The first-order valence-corrected chi connectivity index (χ1v) is 10.0. The Kier molecular flexibility index (Phi) is 6.23. The normalized spacial score (nSPS) is 23.0. The third-order valence-electron chi connectivity index (χ3n) is 5.87. The molecule has 0 saturated carbocycles. The highest BCUT2D eigenvalue weighted by atomic mass is 16.5. The van der Waals surface area contributed by atoms with Crippen molar-refractivity contribution in [1.82, 2.24) is 5.32 Å². The smallest absolute Gasteiger partial charge is 0.122 e. The van der Waals surface area contributed by atoms with Gasteiger partial charge in [0.25, 0.3) is 0 Å². The van der Waals surface area contributed by atoms with E-state index in [1.165, 1.54) is 11.1 Å². The molecule has 1 aliphatic heterocycles.